The fraction of sp³-hybridized carbons (Fsp3) is 0.0435. The van der Waals surface area contributed by atoms with Gasteiger partial charge in [0.15, 0.2) is 5.43 Å². The largest absolute Gasteiger partial charge is 0.463 e. The molecule has 138 valence electrons. The van der Waals surface area contributed by atoms with Crippen molar-refractivity contribution in [2.45, 2.75) is 6.42 Å². The van der Waals surface area contributed by atoms with Crippen LogP contribution in [0.5, 0.6) is 5.75 Å². The SMILES string of the molecule is O=C(Cc1ccccc1F)Oc1ccc2c(=O)c(-c3ccccc3)coc2c1. The van der Waals surface area contributed by atoms with Crippen LogP contribution >= 0.6 is 0 Å². The van der Waals surface area contributed by atoms with Crippen LogP contribution in [0, 0.1) is 5.82 Å². The Labute approximate surface area is 159 Å². The van der Waals surface area contributed by atoms with Crippen molar-refractivity contribution >= 4 is 16.9 Å². The first-order valence-electron chi connectivity index (χ1n) is 8.67. The molecule has 1 heterocycles. The summed E-state index contributed by atoms with van der Waals surface area (Å²) in [6, 6.07) is 19.8. The molecule has 0 bridgehead atoms. The molecular formula is C23H15FO4. The molecule has 28 heavy (non-hydrogen) atoms. The van der Waals surface area contributed by atoms with Crippen LogP contribution in [0.25, 0.3) is 22.1 Å². The predicted octanol–water partition coefficient (Wildman–Crippen LogP) is 4.75. The van der Waals surface area contributed by atoms with E-state index in [1.165, 1.54) is 30.5 Å². The molecule has 0 aliphatic carbocycles. The van der Waals surface area contributed by atoms with Crippen LogP contribution in [0.15, 0.2) is 88.3 Å². The van der Waals surface area contributed by atoms with Gasteiger partial charge in [-0.25, -0.2) is 4.39 Å². The second-order valence-corrected chi connectivity index (χ2v) is 6.24. The predicted molar refractivity (Wildman–Crippen MR) is 104 cm³/mol. The number of halogens is 1. The van der Waals surface area contributed by atoms with Gasteiger partial charge in [0.1, 0.15) is 23.4 Å². The highest BCUT2D eigenvalue weighted by atomic mass is 19.1. The van der Waals surface area contributed by atoms with Gasteiger partial charge in [-0.1, -0.05) is 48.5 Å². The van der Waals surface area contributed by atoms with Crippen molar-refractivity contribution in [1.29, 1.82) is 0 Å². The van der Waals surface area contributed by atoms with Crippen LogP contribution in [-0.2, 0) is 11.2 Å². The average molecular weight is 374 g/mol. The summed E-state index contributed by atoms with van der Waals surface area (Å²) >= 11 is 0. The molecule has 4 rings (SSSR count). The van der Waals surface area contributed by atoms with Crippen molar-refractivity contribution in [2.75, 3.05) is 0 Å². The van der Waals surface area contributed by atoms with Crippen LogP contribution < -0.4 is 10.2 Å². The first kappa shape index (κ1) is 17.7. The number of carbonyl (C=O) groups excluding carboxylic acids is 1. The lowest BCUT2D eigenvalue weighted by Gasteiger charge is -2.07. The van der Waals surface area contributed by atoms with E-state index in [-0.39, 0.29) is 23.2 Å². The molecular weight excluding hydrogens is 359 g/mol. The molecule has 0 atom stereocenters. The first-order valence-corrected chi connectivity index (χ1v) is 8.67. The molecule has 0 spiro atoms. The van der Waals surface area contributed by atoms with Gasteiger partial charge in [-0.2, -0.15) is 0 Å². The summed E-state index contributed by atoms with van der Waals surface area (Å²) in [7, 11) is 0. The summed E-state index contributed by atoms with van der Waals surface area (Å²) in [4.78, 5) is 24.8. The fourth-order valence-electron chi connectivity index (χ4n) is 2.95. The van der Waals surface area contributed by atoms with Gasteiger partial charge in [0.2, 0.25) is 0 Å². The maximum atomic E-state index is 13.7. The van der Waals surface area contributed by atoms with E-state index in [0.717, 1.165) is 5.56 Å². The third kappa shape index (κ3) is 3.55. The van der Waals surface area contributed by atoms with Crippen LogP contribution in [0.4, 0.5) is 4.39 Å². The summed E-state index contributed by atoms with van der Waals surface area (Å²) in [5.41, 5.74) is 1.61. The van der Waals surface area contributed by atoms with Crippen LogP contribution in [0.2, 0.25) is 0 Å². The number of fused-ring (bicyclic) bond motifs is 1. The second kappa shape index (κ2) is 7.48. The van der Waals surface area contributed by atoms with Crippen molar-refractivity contribution in [3.05, 3.63) is 101 Å². The maximum absolute atomic E-state index is 13.7. The van der Waals surface area contributed by atoms with Crippen molar-refractivity contribution in [1.82, 2.24) is 0 Å². The van der Waals surface area contributed by atoms with Gasteiger partial charge in [0, 0.05) is 6.07 Å². The van der Waals surface area contributed by atoms with E-state index in [1.54, 1.807) is 18.2 Å². The number of benzene rings is 3. The maximum Gasteiger partial charge on any atom is 0.315 e. The minimum atomic E-state index is -0.604. The van der Waals surface area contributed by atoms with Crippen LogP contribution in [0.1, 0.15) is 5.56 Å². The highest BCUT2D eigenvalue weighted by molar-refractivity contribution is 5.83. The second-order valence-electron chi connectivity index (χ2n) is 6.24. The molecule has 0 saturated heterocycles. The lowest BCUT2D eigenvalue weighted by atomic mass is 10.1. The molecule has 1 aromatic heterocycles. The van der Waals surface area contributed by atoms with E-state index in [9.17, 15) is 14.0 Å². The Morgan fingerprint density at radius 2 is 1.71 bits per heavy atom. The van der Waals surface area contributed by atoms with Crippen molar-refractivity contribution in [2.24, 2.45) is 0 Å². The van der Waals surface area contributed by atoms with Gasteiger partial charge in [-0.15, -0.1) is 0 Å². The van der Waals surface area contributed by atoms with E-state index >= 15 is 0 Å². The number of carbonyl (C=O) groups is 1. The Morgan fingerprint density at radius 1 is 0.964 bits per heavy atom. The lowest BCUT2D eigenvalue weighted by Crippen LogP contribution is -2.12. The third-order valence-electron chi connectivity index (χ3n) is 4.36. The monoisotopic (exact) mass is 374 g/mol. The van der Waals surface area contributed by atoms with Gasteiger partial charge < -0.3 is 9.15 Å². The standard InChI is InChI=1S/C23H15FO4/c24-20-9-5-4-8-16(20)12-22(25)28-17-10-11-18-21(13-17)27-14-19(23(18)26)15-6-2-1-3-7-15/h1-11,13-14H,12H2. The average Bonchev–Trinajstić information content (AvgIpc) is 2.70. The van der Waals surface area contributed by atoms with Crippen LogP contribution in [0.3, 0.4) is 0 Å². The Morgan fingerprint density at radius 3 is 2.50 bits per heavy atom. The molecule has 0 saturated carbocycles. The number of rotatable bonds is 4. The molecule has 4 nitrogen and oxygen atoms in total. The summed E-state index contributed by atoms with van der Waals surface area (Å²) in [5.74, 6) is -0.838. The molecule has 0 aliphatic heterocycles. The summed E-state index contributed by atoms with van der Waals surface area (Å²) in [5, 5.41) is 0.384. The van der Waals surface area contributed by atoms with Crippen molar-refractivity contribution in [3.63, 3.8) is 0 Å². The summed E-state index contributed by atoms with van der Waals surface area (Å²) in [6.45, 7) is 0. The molecule has 4 aromatic rings. The zero-order valence-corrected chi connectivity index (χ0v) is 14.7. The molecule has 0 N–H and O–H groups in total. The minimum absolute atomic E-state index is 0.170. The van der Waals surface area contributed by atoms with E-state index in [1.807, 2.05) is 30.3 Å². The van der Waals surface area contributed by atoms with E-state index < -0.39 is 11.8 Å². The fourth-order valence-corrected chi connectivity index (χ4v) is 2.95. The Hall–Kier alpha value is -3.73. The molecule has 0 aliphatic rings. The Balaban J connectivity index is 1.59. The minimum Gasteiger partial charge on any atom is -0.463 e. The van der Waals surface area contributed by atoms with Crippen LogP contribution in [-0.4, -0.2) is 5.97 Å². The molecule has 0 unspecified atom stereocenters. The molecule has 0 radical (unpaired) electrons. The molecule has 0 fully saturated rings. The molecule has 3 aromatic carbocycles. The topological polar surface area (TPSA) is 56.5 Å². The van der Waals surface area contributed by atoms with E-state index in [2.05, 4.69) is 0 Å². The van der Waals surface area contributed by atoms with E-state index in [0.29, 0.717) is 16.5 Å². The van der Waals surface area contributed by atoms with E-state index in [4.69, 9.17) is 9.15 Å². The summed E-state index contributed by atoms with van der Waals surface area (Å²) in [6.07, 6.45) is 1.20. The quantitative estimate of drug-likeness (QED) is 0.382. The van der Waals surface area contributed by atoms with Gasteiger partial charge >= 0.3 is 5.97 Å². The number of hydrogen-bond donors (Lipinski definition) is 0. The molecule has 5 heteroatoms. The number of esters is 1. The Kier molecular flexibility index (Phi) is 4.72. The molecule has 0 amide bonds. The normalized spacial score (nSPS) is 10.8. The zero-order chi connectivity index (χ0) is 19.5. The Bertz CT molecular complexity index is 1210. The van der Waals surface area contributed by atoms with Gasteiger partial charge in [0.05, 0.1) is 17.4 Å². The number of hydrogen-bond acceptors (Lipinski definition) is 4. The van der Waals surface area contributed by atoms with Gasteiger partial charge in [0.25, 0.3) is 0 Å². The highest BCUT2D eigenvalue weighted by Crippen LogP contribution is 2.23. The van der Waals surface area contributed by atoms with Crippen molar-refractivity contribution in [3.8, 4) is 16.9 Å². The van der Waals surface area contributed by atoms with Gasteiger partial charge in [-0.05, 0) is 29.3 Å². The third-order valence-corrected chi connectivity index (χ3v) is 4.36. The summed E-state index contributed by atoms with van der Waals surface area (Å²) < 4.78 is 24.5. The highest BCUT2D eigenvalue weighted by Gasteiger charge is 2.13. The van der Waals surface area contributed by atoms with Gasteiger partial charge in [-0.3, -0.25) is 9.59 Å². The zero-order valence-electron chi connectivity index (χ0n) is 14.7. The lowest BCUT2D eigenvalue weighted by molar-refractivity contribution is -0.133. The van der Waals surface area contributed by atoms with Crippen molar-refractivity contribution < 1.29 is 18.3 Å². The smallest absolute Gasteiger partial charge is 0.315 e. The first-order chi connectivity index (χ1) is 13.6. The number of ether oxygens (including phenoxy) is 1.